The van der Waals surface area contributed by atoms with E-state index in [1.165, 1.54) is 16.2 Å². The third kappa shape index (κ3) is 4.57. The highest BCUT2D eigenvalue weighted by Crippen LogP contribution is 2.45. The maximum absolute atomic E-state index is 13.6. The van der Waals surface area contributed by atoms with Crippen LogP contribution in [0.1, 0.15) is 30.5 Å². The molecule has 6 rings (SSSR count). The molecule has 1 aromatic heterocycles. The van der Waals surface area contributed by atoms with E-state index in [1.807, 2.05) is 13.0 Å². The van der Waals surface area contributed by atoms with E-state index in [0.717, 1.165) is 11.1 Å². The lowest BCUT2D eigenvalue weighted by atomic mass is 9.95. The Morgan fingerprint density at radius 3 is 2.74 bits per heavy atom. The molecular weight excluding hydrogens is 540 g/mol. The Bertz CT molecular complexity index is 1650. The number of ether oxygens (including phenoxy) is 3. The van der Waals surface area contributed by atoms with Crippen LogP contribution in [0.2, 0.25) is 5.02 Å². The van der Waals surface area contributed by atoms with Crippen LogP contribution in [0.3, 0.4) is 0 Å². The number of halogens is 1. The van der Waals surface area contributed by atoms with Crippen molar-refractivity contribution in [3.63, 3.8) is 0 Å². The highest BCUT2D eigenvalue weighted by molar-refractivity contribution is 7.22. The minimum atomic E-state index is -0.945. The molecule has 1 amide bonds. The van der Waals surface area contributed by atoms with Gasteiger partial charge >= 0.3 is 5.91 Å². The number of rotatable bonds is 6. The molecule has 10 heteroatoms. The average Bonchev–Trinajstić information content (AvgIpc) is 3.48. The number of anilines is 1. The number of aliphatic hydroxyl groups is 1. The zero-order valence-electron chi connectivity index (χ0n) is 20.8. The minimum absolute atomic E-state index is 0.0541. The van der Waals surface area contributed by atoms with Crippen LogP contribution in [0, 0.1) is 0 Å². The summed E-state index contributed by atoms with van der Waals surface area (Å²) in [6.45, 7) is 3.31. The van der Waals surface area contributed by atoms with Crippen LogP contribution >= 0.6 is 22.9 Å². The molecule has 1 saturated heterocycles. The molecular formula is C29H23ClN2O6S. The molecule has 1 N–H and O–H groups in total. The van der Waals surface area contributed by atoms with Crippen molar-refractivity contribution < 1.29 is 28.9 Å². The lowest BCUT2D eigenvalue weighted by Gasteiger charge is -2.23. The van der Waals surface area contributed by atoms with Gasteiger partial charge in [0.25, 0.3) is 5.78 Å². The van der Waals surface area contributed by atoms with E-state index in [0.29, 0.717) is 63.9 Å². The van der Waals surface area contributed by atoms with Crippen molar-refractivity contribution in [3.05, 3.63) is 82.4 Å². The van der Waals surface area contributed by atoms with E-state index in [-0.39, 0.29) is 11.3 Å². The van der Waals surface area contributed by atoms with Gasteiger partial charge in [-0.05, 0) is 60.5 Å². The Morgan fingerprint density at radius 2 is 1.92 bits per heavy atom. The fraction of sp³-hybridized carbons (Fsp3) is 0.207. The first-order valence-electron chi connectivity index (χ1n) is 12.4. The van der Waals surface area contributed by atoms with Crippen LogP contribution in [0.5, 0.6) is 17.2 Å². The molecule has 3 aromatic carbocycles. The van der Waals surface area contributed by atoms with Crippen molar-refractivity contribution in [1.29, 1.82) is 0 Å². The Labute approximate surface area is 233 Å². The predicted molar refractivity (Wildman–Crippen MR) is 149 cm³/mol. The van der Waals surface area contributed by atoms with Crippen molar-refractivity contribution in [3.8, 4) is 17.2 Å². The predicted octanol–water partition coefficient (Wildman–Crippen LogP) is 6.14. The minimum Gasteiger partial charge on any atom is -0.507 e. The molecule has 8 nitrogen and oxygen atoms in total. The molecule has 2 aliphatic rings. The Morgan fingerprint density at radius 1 is 1.10 bits per heavy atom. The maximum atomic E-state index is 13.6. The number of aromatic nitrogens is 1. The van der Waals surface area contributed by atoms with Gasteiger partial charge in [0.2, 0.25) is 0 Å². The molecule has 0 aliphatic carbocycles. The third-order valence-electron chi connectivity index (χ3n) is 6.45. The van der Waals surface area contributed by atoms with Crippen LogP contribution in [0.15, 0.2) is 66.2 Å². The van der Waals surface area contributed by atoms with Crippen LogP contribution in [-0.2, 0) is 9.59 Å². The fourth-order valence-electron chi connectivity index (χ4n) is 4.68. The number of hydrogen-bond acceptors (Lipinski definition) is 8. The molecule has 4 aromatic rings. The summed E-state index contributed by atoms with van der Waals surface area (Å²) in [6, 6.07) is 16.4. The molecule has 3 heterocycles. The molecule has 1 fully saturated rings. The lowest BCUT2D eigenvalue weighted by Crippen LogP contribution is -2.29. The number of hydrogen-bond donors (Lipinski definition) is 1. The second kappa shape index (κ2) is 10.2. The molecule has 39 heavy (non-hydrogen) atoms. The topological polar surface area (TPSA) is 98.2 Å². The summed E-state index contributed by atoms with van der Waals surface area (Å²) in [5.74, 6) is -0.330. The van der Waals surface area contributed by atoms with E-state index in [2.05, 4.69) is 4.98 Å². The largest absolute Gasteiger partial charge is 0.507 e. The Kier molecular flexibility index (Phi) is 6.62. The lowest BCUT2D eigenvalue weighted by molar-refractivity contribution is -0.132. The van der Waals surface area contributed by atoms with E-state index in [4.69, 9.17) is 25.8 Å². The summed E-state index contributed by atoms with van der Waals surface area (Å²) < 4.78 is 17.9. The van der Waals surface area contributed by atoms with Gasteiger partial charge in [0.1, 0.15) is 24.7 Å². The van der Waals surface area contributed by atoms with E-state index >= 15 is 0 Å². The van der Waals surface area contributed by atoms with Gasteiger partial charge < -0.3 is 19.3 Å². The molecule has 0 bridgehead atoms. The highest BCUT2D eigenvalue weighted by atomic mass is 35.5. The summed E-state index contributed by atoms with van der Waals surface area (Å²) in [4.78, 5) is 33.1. The van der Waals surface area contributed by atoms with Gasteiger partial charge in [-0.1, -0.05) is 42.0 Å². The molecule has 1 unspecified atom stereocenters. The number of amides is 1. The number of nitrogens with zero attached hydrogens (tertiary/aromatic N) is 2. The quantitative estimate of drug-likeness (QED) is 0.171. The number of carbonyl (C=O) groups is 2. The first-order valence-corrected chi connectivity index (χ1v) is 13.6. The van der Waals surface area contributed by atoms with Gasteiger partial charge in [0, 0.05) is 10.6 Å². The summed E-state index contributed by atoms with van der Waals surface area (Å²) in [6.07, 6.45) is 0.821. The number of ketones is 1. The van der Waals surface area contributed by atoms with Crippen molar-refractivity contribution in [2.75, 3.05) is 24.7 Å². The zero-order valence-corrected chi connectivity index (χ0v) is 22.4. The van der Waals surface area contributed by atoms with Crippen molar-refractivity contribution in [1.82, 2.24) is 4.98 Å². The van der Waals surface area contributed by atoms with Crippen molar-refractivity contribution in [2.45, 2.75) is 19.4 Å². The highest BCUT2D eigenvalue weighted by Gasteiger charge is 2.48. The summed E-state index contributed by atoms with van der Waals surface area (Å²) in [5, 5.41) is 12.4. The molecule has 0 saturated carbocycles. The second-order valence-electron chi connectivity index (χ2n) is 9.06. The standard InChI is InChI=1S/C29H23ClN2O6S/c1-2-10-36-19-5-3-4-16(13-19)25-24(26(33)17-6-9-21-22(14-17)38-12-11-37-21)27(34)28(35)32(25)29-31-20-8-7-18(30)15-23(20)39-29/h3-9,13-15,25,33H,2,10-12H2,1H3/b26-24-. The summed E-state index contributed by atoms with van der Waals surface area (Å²) in [5.41, 5.74) is 1.52. The van der Waals surface area contributed by atoms with Gasteiger partial charge in [-0.15, -0.1) is 0 Å². The molecule has 0 radical (unpaired) electrons. The first kappa shape index (κ1) is 25.2. The Hall–Kier alpha value is -4.08. The molecule has 198 valence electrons. The maximum Gasteiger partial charge on any atom is 0.301 e. The number of benzene rings is 3. The van der Waals surface area contributed by atoms with Gasteiger partial charge in [-0.3, -0.25) is 14.5 Å². The van der Waals surface area contributed by atoms with Crippen LogP contribution in [0.25, 0.3) is 16.0 Å². The zero-order chi connectivity index (χ0) is 27.1. The van der Waals surface area contributed by atoms with Gasteiger partial charge in [-0.2, -0.15) is 0 Å². The average molecular weight is 563 g/mol. The second-order valence-corrected chi connectivity index (χ2v) is 10.5. The van der Waals surface area contributed by atoms with Crippen LogP contribution in [-0.4, -0.2) is 41.6 Å². The summed E-state index contributed by atoms with van der Waals surface area (Å²) >= 11 is 7.42. The van der Waals surface area contributed by atoms with Crippen LogP contribution in [0.4, 0.5) is 5.13 Å². The SMILES string of the molecule is CCCOc1cccc(C2/C(=C(/O)c3ccc4c(c3)OCCO4)C(=O)C(=O)N2c2nc3ccc(Cl)cc3s2)c1. The summed E-state index contributed by atoms with van der Waals surface area (Å²) in [7, 11) is 0. The van der Waals surface area contributed by atoms with Crippen LogP contribution < -0.4 is 19.1 Å². The molecule has 2 aliphatic heterocycles. The monoisotopic (exact) mass is 562 g/mol. The first-order chi connectivity index (χ1) is 18.9. The number of fused-ring (bicyclic) bond motifs is 2. The smallest absolute Gasteiger partial charge is 0.301 e. The van der Waals surface area contributed by atoms with E-state index < -0.39 is 17.7 Å². The van der Waals surface area contributed by atoms with Gasteiger partial charge in [0.05, 0.1) is 28.4 Å². The fourth-order valence-corrected chi connectivity index (χ4v) is 5.94. The third-order valence-corrected chi connectivity index (χ3v) is 7.70. The van der Waals surface area contributed by atoms with Gasteiger partial charge in [0.15, 0.2) is 16.6 Å². The number of Topliss-reactive ketones (excluding diaryl/α,β-unsaturated/α-hetero) is 1. The number of carbonyl (C=O) groups excluding carboxylic acids is 2. The van der Waals surface area contributed by atoms with E-state index in [9.17, 15) is 14.7 Å². The normalized spacial score (nSPS) is 18.1. The Balaban J connectivity index is 1.52. The number of thiazole rings is 1. The molecule has 1 atom stereocenters. The molecule has 0 spiro atoms. The van der Waals surface area contributed by atoms with Crippen molar-refractivity contribution in [2.24, 2.45) is 0 Å². The van der Waals surface area contributed by atoms with E-state index in [1.54, 1.807) is 54.6 Å². The van der Waals surface area contributed by atoms with Crippen molar-refractivity contribution >= 4 is 55.7 Å². The number of aliphatic hydroxyl groups excluding tert-OH is 1. The van der Waals surface area contributed by atoms with Gasteiger partial charge in [-0.25, -0.2) is 4.98 Å².